The number of anilines is 1. The van der Waals surface area contributed by atoms with E-state index in [-0.39, 0.29) is 18.0 Å². The van der Waals surface area contributed by atoms with Crippen LogP contribution in [0, 0.1) is 6.92 Å². The van der Waals surface area contributed by atoms with Gasteiger partial charge in [0.15, 0.2) is 11.5 Å². The number of benzene rings is 1. The fourth-order valence-corrected chi connectivity index (χ4v) is 2.28. The van der Waals surface area contributed by atoms with Gasteiger partial charge < -0.3 is 10.6 Å². The highest BCUT2D eigenvalue weighted by Crippen LogP contribution is 2.29. The fourth-order valence-electron chi connectivity index (χ4n) is 2.28. The number of alkyl halides is 3. The predicted molar refractivity (Wildman–Crippen MR) is 85.0 cm³/mol. The van der Waals surface area contributed by atoms with Gasteiger partial charge in [-0.05, 0) is 36.8 Å². The van der Waals surface area contributed by atoms with Gasteiger partial charge >= 0.3 is 12.2 Å². The van der Waals surface area contributed by atoms with Crippen molar-refractivity contribution in [3.8, 4) is 0 Å². The molecule has 0 fully saturated rings. The molecule has 0 bridgehead atoms. The van der Waals surface area contributed by atoms with Crippen LogP contribution in [0.5, 0.6) is 0 Å². The summed E-state index contributed by atoms with van der Waals surface area (Å²) in [6, 6.07) is 8.89. The zero-order valence-corrected chi connectivity index (χ0v) is 13.1. The number of aromatic nitrogens is 3. The maximum absolute atomic E-state index is 12.8. The molecular formula is C16H14F3N5O. The maximum Gasteiger partial charge on any atom is 0.417 e. The van der Waals surface area contributed by atoms with E-state index in [1.165, 1.54) is 10.5 Å². The molecule has 0 spiro atoms. The van der Waals surface area contributed by atoms with Crippen LogP contribution >= 0.6 is 0 Å². The van der Waals surface area contributed by atoms with Gasteiger partial charge in [-0.2, -0.15) is 13.2 Å². The van der Waals surface area contributed by atoms with Gasteiger partial charge in [-0.25, -0.2) is 4.79 Å². The number of amides is 2. The Morgan fingerprint density at radius 1 is 1.20 bits per heavy atom. The normalized spacial score (nSPS) is 11.5. The third kappa shape index (κ3) is 3.87. The van der Waals surface area contributed by atoms with Gasteiger partial charge in [0.05, 0.1) is 12.1 Å². The summed E-state index contributed by atoms with van der Waals surface area (Å²) in [5.74, 6) is 0.195. The van der Waals surface area contributed by atoms with Crippen LogP contribution in [0.2, 0.25) is 0 Å². The standard InChI is InChI=1S/C16H14F3N5O/c1-10-3-2-4-12(7-10)21-15(25)20-8-14-23-22-13-6-5-11(9-24(13)14)16(17,18)19/h2-7,9H,8H2,1H3,(H2,20,21,25). The molecule has 0 radical (unpaired) electrons. The number of pyridine rings is 1. The first-order valence-corrected chi connectivity index (χ1v) is 7.35. The van der Waals surface area contributed by atoms with Gasteiger partial charge in [-0.1, -0.05) is 12.1 Å². The zero-order valence-electron chi connectivity index (χ0n) is 13.1. The van der Waals surface area contributed by atoms with Crippen LogP contribution in [0.1, 0.15) is 17.0 Å². The summed E-state index contributed by atoms with van der Waals surface area (Å²) in [6.45, 7) is 1.82. The van der Waals surface area contributed by atoms with Crippen molar-refractivity contribution < 1.29 is 18.0 Å². The van der Waals surface area contributed by atoms with E-state index in [0.717, 1.165) is 17.8 Å². The number of hydrogen-bond acceptors (Lipinski definition) is 3. The lowest BCUT2D eigenvalue weighted by atomic mass is 10.2. The predicted octanol–water partition coefficient (Wildman–Crippen LogP) is 3.38. The topological polar surface area (TPSA) is 71.3 Å². The van der Waals surface area contributed by atoms with Gasteiger partial charge in [-0.15, -0.1) is 10.2 Å². The number of carbonyl (C=O) groups is 1. The van der Waals surface area contributed by atoms with E-state index >= 15 is 0 Å². The minimum absolute atomic E-state index is 0.0693. The molecule has 1 aromatic carbocycles. The lowest BCUT2D eigenvalue weighted by molar-refractivity contribution is -0.137. The number of halogens is 3. The molecule has 25 heavy (non-hydrogen) atoms. The van der Waals surface area contributed by atoms with E-state index in [9.17, 15) is 18.0 Å². The largest absolute Gasteiger partial charge is 0.417 e. The molecule has 130 valence electrons. The Labute approximate surface area is 140 Å². The molecule has 3 aromatic rings. The number of urea groups is 1. The number of fused-ring (bicyclic) bond motifs is 1. The SMILES string of the molecule is Cc1cccc(NC(=O)NCc2nnc3ccc(C(F)(F)F)cn23)c1. The fraction of sp³-hybridized carbons (Fsp3) is 0.188. The van der Waals surface area contributed by atoms with Gasteiger partial charge in [0.1, 0.15) is 0 Å². The summed E-state index contributed by atoms with van der Waals surface area (Å²) in [4.78, 5) is 11.9. The van der Waals surface area contributed by atoms with Crippen molar-refractivity contribution in [1.29, 1.82) is 0 Å². The highest BCUT2D eigenvalue weighted by molar-refractivity contribution is 5.89. The third-order valence-corrected chi connectivity index (χ3v) is 3.48. The molecule has 2 amide bonds. The summed E-state index contributed by atoms with van der Waals surface area (Å²) in [5, 5.41) is 12.8. The Morgan fingerprint density at radius 3 is 2.72 bits per heavy atom. The van der Waals surface area contributed by atoms with Gasteiger partial charge in [0, 0.05) is 11.9 Å². The number of nitrogens with one attached hydrogen (secondary N) is 2. The second-order valence-electron chi connectivity index (χ2n) is 5.44. The van der Waals surface area contributed by atoms with E-state index in [0.29, 0.717) is 5.69 Å². The van der Waals surface area contributed by atoms with Crippen LogP contribution in [-0.4, -0.2) is 20.6 Å². The van der Waals surface area contributed by atoms with Crippen LogP contribution in [0.15, 0.2) is 42.6 Å². The average Bonchev–Trinajstić information content (AvgIpc) is 2.94. The van der Waals surface area contributed by atoms with E-state index in [4.69, 9.17) is 0 Å². The minimum atomic E-state index is -4.47. The Balaban J connectivity index is 1.71. The molecule has 6 nitrogen and oxygen atoms in total. The number of nitrogens with zero attached hydrogens (tertiary/aromatic N) is 3. The van der Waals surface area contributed by atoms with Crippen molar-refractivity contribution in [3.63, 3.8) is 0 Å². The lowest BCUT2D eigenvalue weighted by Gasteiger charge is -2.09. The smallest absolute Gasteiger partial charge is 0.331 e. The number of hydrogen-bond donors (Lipinski definition) is 2. The molecule has 2 heterocycles. The molecule has 3 rings (SSSR count). The third-order valence-electron chi connectivity index (χ3n) is 3.48. The van der Waals surface area contributed by atoms with Gasteiger partial charge in [0.25, 0.3) is 0 Å². The molecule has 2 aromatic heterocycles. The minimum Gasteiger partial charge on any atom is -0.331 e. The van der Waals surface area contributed by atoms with Crippen molar-refractivity contribution in [2.24, 2.45) is 0 Å². The van der Waals surface area contributed by atoms with E-state index < -0.39 is 17.8 Å². The summed E-state index contributed by atoms with van der Waals surface area (Å²) >= 11 is 0. The first-order chi connectivity index (χ1) is 11.8. The quantitative estimate of drug-likeness (QED) is 0.761. The van der Waals surface area contributed by atoms with Crippen LogP contribution in [0.3, 0.4) is 0 Å². The molecular weight excluding hydrogens is 335 g/mol. The van der Waals surface area contributed by atoms with Crippen LogP contribution in [0.4, 0.5) is 23.7 Å². The van der Waals surface area contributed by atoms with Crippen LogP contribution in [-0.2, 0) is 12.7 Å². The highest BCUT2D eigenvalue weighted by atomic mass is 19.4. The molecule has 0 aliphatic rings. The van der Waals surface area contributed by atoms with Crippen molar-refractivity contribution in [2.45, 2.75) is 19.6 Å². The van der Waals surface area contributed by atoms with Crippen molar-refractivity contribution >= 4 is 17.4 Å². The number of aryl methyl sites for hydroxylation is 1. The van der Waals surface area contributed by atoms with Crippen molar-refractivity contribution in [1.82, 2.24) is 19.9 Å². The lowest BCUT2D eigenvalue weighted by Crippen LogP contribution is -2.29. The van der Waals surface area contributed by atoms with Gasteiger partial charge in [0.2, 0.25) is 0 Å². The molecule has 0 saturated carbocycles. The highest BCUT2D eigenvalue weighted by Gasteiger charge is 2.31. The van der Waals surface area contributed by atoms with Crippen molar-refractivity contribution in [3.05, 3.63) is 59.5 Å². The number of rotatable bonds is 3. The summed E-state index contributed by atoms with van der Waals surface area (Å²) in [6.07, 6.45) is -3.56. The Bertz CT molecular complexity index is 920. The summed E-state index contributed by atoms with van der Waals surface area (Å²) in [5.41, 5.74) is 1.05. The molecule has 0 atom stereocenters. The molecule has 0 unspecified atom stereocenters. The van der Waals surface area contributed by atoms with Crippen LogP contribution in [0.25, 0.3) is 5.65 Å². The Hall–Kier alpha value is -3.10. The first-order valence-electron chi connectivity index (χ1n) is 7.35. The molecule has 9 heteroatoms. The van der Waals surface area contributed by atoms with E-state index in [1.54, 1.807) is 18.2 Å². The monoisotopic (exact) mass is 349 g/mol. The summed E-state index contributed by atoms with van der Waals surface area (Å²) < 4.78 is 39.6. The zero-order chi connectivity index (χ0) is 18.0. The molecule has 0 saturated heterocycles. The number of carbonyl (C=O) groups excluding carboxylic acids is 1. The first kappa shape index (κ1) is 16.7. The van der Waals surface area contributed by atoms with Crippen LogP contribution < -0.4 is 10.6 Å². The molecule has 2 N–H and O–H groups in total. The second kappa shape index (κ2) is 6.42. The average molecular weight is 349 g/mol. The van der Waals surface area contributed by atoms with E-state index in [1.807, 2.05) is 13.0 Å². The Kier molecular flexibility index (Phi) is 4.30. The Morgan fingerprint density at radius 2 is 2.00 bits per heavy atom. The van der Waals surface area contributed by atoms with E-state index in [2.05, 4.69) is 20.8 Å². The maximum atomic E-state index is 12.8. The molecule has 0 aliphatic heterocycles. The van der Waals surface area contributed by atoms with Crippen molar-refractivity contribution in [2.75, 3.05) is 5.32 Å². The molecule has 0 aliphatic carbocycles. The second-order valence-corrected chi connectivity index (χ2v) is 5.44. The van der Waals surface area contributed by atoms with Gasteiger partial charge in [-0.3, -0.25) is 4.40 Å². The summed E-state index contributed by atoms with van der Waals surface area (Å²) in [7, 11) is 0.